The van der Waals surface area contributed by atoms with Crippen molar-refractivity contribution in [1.29, 1.82) is 0 Å². The molecule has 0 saturated heterocycles. The van der Waals surface area contributed by atoms with Crippen molar-refractivity contribution in [3.05, 3.63) is 81.7 Å². The predicted octanol–water partition coefficient (Wildman–Crippen LogP) is 3.39. The zero-order valence-corrected chi connectivity index (χ0v) is 21.7. The highest BCUT2D eigenvalue weighted by molar-refractivity contribution is 5.97. The maximum absolute atomic E-state index is 13.3. The van der Waals surface area contributed by atoms with Crippen molar-refractivity contribution in [2.24, 2.45) is 4.99 Å². The highest BCUT2D eigenvalue weighted by Gasteiger charge is 2.20. The molecule has 1 aromatic carbocycles. The van der Waals surface area contributed by atoms with E-state index in [1.54, 1.807) is 60.2 Å². The van der Waals surface area contributed by atoms with Gasteiger partial charge in [-0.05, 0) is 55.8 Å². The number of amides is 1. The van der Waals surface area contributed by atoms with E-state index in [1.165, 1.54) is 17.6 Å². The molecule has 0 fully saturated rings. The number of carbonyl (C=O) groups is 2. The van der Waals surface area contributed by atoms with E-state index < -0.39 is 11.9 Å². The number of ether oxygens (including phenoxy) is 3. The Kier molecular flexibility index (Phi) is 8.65. The van der Waals surface area contributed by atoms with Gasteiger partial charge in [0.2, 0.25) is 0 Å². The summed E-state index contributed by atoms with van der Waals surface area (Å²) < 4.78 is 19.1. The van der Waals surface area contributed by atoms with Crippen LogP contribution in [0.5, 0.6) is 5.75 Å². The summed E-state index contributed by atoms with van der Waals surface area (Å²) >= 11 is 0. The summed E-state index contributed by atoms with van der Waals surface area (Å²) in [4.78, 5) is 48.6. The standard InChI is InChI=1S/C28H30N4O6/c1-4-6-16-38-20-12-10-19(11-13-20)26(33)30-25-22(28(35)37-5-2)18-21-24(32(25)15-17-36-3)29-23-9-7-8-14-31(23)27(21)34/h7-14,18H,4-6,15-17H2,1-3H3. The van der Waals surface area contributed by atoms with Gasteiger partial charge in [0.05, 0.1) is 25.2 Å². The van der Waals surface area contributed by atoms with E-state index in [4.69, 9.17) is 14.2 Å². The lowest BCUT2D eigenvalue weighted by Gasteiger charge is -2.15. The molecule has 10 nitrogen and oxygen atoms in total. The Morgan fingerprint density at radius 2 is 1.84 bits per heavy atom. The summed E-state index contributed by atoms with van der Waals surface area (Å²) in [6.07, 6.45) is 3.55. The SMILES string of the molecule is CCCCOc1ccc(C(=O)N=c2c(C(=O)OCC)cc3c(=O)n4ccccc4nc3n2CCOC)cc1. The number of methoxy groups -OCH3 is 1. The Morgan fingerprint density at radius 1 is 1.05 bits per heavy atom. The number of fused-ring (bicyclic) bond motifs is 2. The average Bonchev–Trinajstić information content (AvgIpc) is 2.93. The van der Waals surface area contributed by atoms with Crippen molar-refractivity contribution in [2.75, 3.05) is 26.9 Å². The van der Waals surface area contributed by atoms with Crippen LogP contribution in [0.1, 0.15) is 47.4 Å². The molecule has 0 radical (unpaired) electrons. The maximum atomic E-state index is 13.3. The Bertz CT molecular complexity index is 1590. The summed E-state index contributed by atoms with van der Waals surface area (Å²) in [6, 6.07) is 13.2. The van der Waals surface area contributed by atoms with Crippen molar-refractivity contribution < 1.29 is 23.8 Å². The smallest absolute Gasteiger partial charge is 0.341 e. The number of pyridine rings is 2. The molecular formula is C28H30N4O6. The van der Waals surface area contributed by atoms with Crippen LogP contribution >= 0.6 is 0 Å². The summed E-state index contributed by atoms with van der Waals surface area (Å²) in [7, 11) is 1.53. The molecule has 38 heavy (non-hydrogen) atoms. The molecule has 4 aromatic rings. The average molecular weight is 519 g/mol. The normalized spacial score (nSPS) is 11.7. The molecule has 198 valence electrons. The molecule has 10 heteroatoms. The summed E-state index contributed by atoms with van der Waals surface area (Å²) in [6.45, 7) is 4.87. The third-order valence-corrected chi connectivity index (χ3v) is 5.88. The predicted molar refractivity (Wildman–Crippen MR) is 142 cm³/mol. The second-order valence-electron chi connectivity index (χ2n) is 8.47. The number of esters is 1. The molecular weight excluding hydrogens is 488 g/mol. The van der Waals surface area contributed by atoms with Gasteiger partial charge >= 0.3 is 5.97 Å². The third-order valence-electron chi connectivity index (χ3n) is 5.88. The number of hydrogen-bond acceptors (Lipinski definition) is 7. The zero-order chi connectivity index (χ0) is 27.1. The Morgan fingerprint density at radius 3 is 2.55 bits per heavy atom. The highest BCUT2D eigenvalue weighted by Crippen LogP contribution is 2.15. The van der Waals surface area contributed by atoms with E-state index in [-0.39, 0.29) is 47.4 Å². The molecule has 0 aliphatic carbocycles. The fraction of sp³-hybridized carbons (Fsp3) is 0.321. The van der Waals surface area contributed by atoms with Crippen molar-refractivity contribution in [3.63, 3.8) is 0 Å². The summed E-state index contributed by atoms with van der Waals surface area (Å²) in [5.74, 6) is -0.623. The maximum Gasteiger partial charge on any atom is 0.341 e. The molecule has 3 heterocycles. The topological polar surface area (TPSA) is 113 Å². The van der Waals surface area contributed by atoms with E-state index in [2.05, 4.69) is 16.9 Å². The lowest BCUT2D eigenvalue weighted by Crippen LogP contribution is -2.33. The summed E-state index contributed by atoms with van der Waals surface area (Å²) in [5, 5.41) is 0.188. The molecule has 3 aromatic heterocycles. The minimum Gasteiger partial charge on any atom is -0.494 e. The Labute approximate surface area is 219 Å². The fourth-order valence-corrected chi connectivity index (χ4v) is 3.94. The first-order valence-electron chi connectivity index (χ1n) is 12.5. The van der Waals surface area contributed by atoms with E-state index >= 15 is 0 Å². The van der Waals surface area contributed by atoms with Crippen LogP contribution in [0.2, 0.25) is 0 Å². The molecule has 0 saturated carbocycles. The Hall–Kier alpha value is -4.31. The quantitative estimate of drug-likeness (QED) is 0.180. The van der Waals surface area contributed by atoms with Crippen LogP contribution in [0, 0.1) is 0 Å². The first-order chi connectivity index (χ1) is 18.5. The summed E-state index contributed by atoms with van der Waals surface area (Å²) in [5.41, 5.74) is 0.659. The molecule has 0 aliphatic rings. The van der Waals surface area contributed by atoms with Crippen molar-refractivity contribution in [1.82, 2.24) is 14.0 Å². The first kappa shape index (κ1) is 26.7. The number of hydrogen-bond donors (Lipinski definition) is 0. The molecule has 0 bridgehead atoms. The second kappa shape index (κ2) is 12.3. The molecule has 1 amide bonds. The van der Waals surface area contributed by atoms with Crippen molar-refractivity contribution in [2.45, 2.75) is 33.2 Å². The van der Waals surface area contributed by atoms with Gasteiger partial charge in [-0.2, -0.15) is 4.99 Å². The van der Waals surface area contributed by atoms with Crippen LogP contribution in [0.4, 0.5) is 0 Å². The molecule has 0 atom stereocenters. The molecule has 0 unspecified atom stereocenters. The largest absolute Gasteiger partial charge is 0.494 e. The second-order valence-corrected chi connectivity index (χ2v) is 8.47. The van der Waals surface area contributed by atoms with Crippen LogP contribution in [0.15, 0.2) is 64.5 Å². The van der Waals surface area contributed by atoms with E-state index in [0.29, 0.717) is 23.6 Å². The van der Waals surface area contributed by atoms with E-state index in [9.17, 15) is 14.4 Å². The first-order valence-corrected chi connectivity index (χ1v) is 12.5. The third kappa shape index (κ3) is 5.65. The Balaban J connectivity index is 1.93. The van der Waals surface area contributed by atoms with E-state index in [1.807, 2.05) is 0 Å². The van der Waals surface area contributed by atoms with Gasteiger partial charge in [0, 0.05) is 25.4 Å². The van der Waals surface area contributed by atoms with Gasteiger partial charge in [-0.15, -0.1) is 0 Å². The van der Waals surface area contributed by atoms with Gasteiger partial charge in [-0.1, -0.05) is 19.4 Å². The number of benzene rings is 1. The lowest BCUT2D eigenvalue weighted by atomic mass is 10.2. The van der Waals surface area contributed by atoms with Gasteiger partial charge in [0.25, 0.3) is 11.5 Å². The number of carbonyl (C=O) groups excluding carboxylic acids is 2. The van der Waals surface area contributed by atoms with Gasteiger partial charge in [0.15, 0.2) is 5.49 Å². The highest BCUT2D eigenvalue weighted by atomic mass is 16.5. The zero-order valence-electron chi connectivity index (χ0n) is 21.7. The fourth-order valence-electron chi connectivity index (χ4n) is 3.94. The lowest BCUT2D eigenvalue weighted by molar-refractivity contribution is 0.0523. The van der Waals surface area contributed by atoms with Gasteiger partial charge < -0.3 is 18.8 Å². The number of aromatic nitrogens is 3. The van der Waals surface area contributed by atoms with Gasteiger partial charge in [-0.3, -0.25) is 14.0 Å². The molecule has 4 rings (SSSR count). The van der Waals surface area contributed by atoms with Crippen LogP contribution in [0.3, 0.4) is 0 Å². The number of nitrogens with zero attached hydrogens (tertiary/aromatic N) is 4. The molecule has 0 N–H and O–H groups in total. The minimum atomic E-state index is -0.704. The van der Waals surface area contributed by atoms with Crippen molar-refractivity contribution in [3.8, 4) is 5.75 Å². The van der Waals surface area contributed by atoms with Gasteiger partial charge in [0.1, 0.15) is 22.6 Å². The molecule has 0 aliphatic heterocycles. The van der Waals surface area contributed by atoms with Gasteiger partial charge in [-0.25, -0.2) is 9.78 Å². The minimum absolute atomic E-state index is 0.0156. The van der Waals surface area contributed by atoms with Crippen LogP contribution in [-0.4, -0.2) is 52.8 Å². The van der Waals surface area contributed by atoms with Crippen LogP contribution < -0.4 is 15.8 Å². The monoisotopic (exact) mass is 518 g/mol. The van der Waals surface area contributed by atoms with Crippen molar-refractivity contribution >= 4 is 28.6 Å². The number of unbranched alkanes of at least 4 members (excludes halogenated alkanes) is 1. The van der Waals surface area contributed by atoms with E-state index in [0.717, 1.165) is 12.8 Å². The number of rotatable bonds is 10. The molecule has 0 spiro atoms. The van der Waals surface area contributed by atoms with Crippen LogP contribution in [-0.2, 0) is 16.0 Å². The van der Waals surface area contributed by atoms with Crippen LogP contribution in [0.25, 0.3) is 16.7 Å².